The molecule has 2 aliphatic rings. The maximum atomic E-state index is 13.4. The maximum Gasteiger partial charge on any atom is 0.220 e. The fourth-order valence-corrected chi connectivity index (χ4v) is 13.5. The molecule has 0 saturated carbocycles. The molecule has 558 valence electrons. The van der Waals surface area contributed by atoms with Gasteiger partial charge in [-0.05, 0) is 51.4 Å². The first-order chi connectivity index (χ1) is 46.6. The van der Waals surface area contributed by atoms with E-state index in [2.05, 4.69) is 67.8 Å². The van der Waals surface area contributed by atoms with Crippen LogP contribution in [0.25, 0.3) is 0 Å². The fourth-order valence-electron chi connectivity index (χ4n) is 13.5. The lowest BCUT2D eigenvalue weighted by Gasteiger charge is -2.46. The minimum atomic E-state index is -1.78. The zero-order chi connectivity index (χ0) is 68.7. The highest BCUT2D eigenvalue weighted by Crippen LogP contribution is 2.30. The van der Waals surface area contributed by atoms with Gasteiger partial charge in [-0.2, -0.15) is 0 Å². The lowest BCUT2D eigenvalue weighted by molar-refractivity contribution is -0.359. The molecule has 95 heavy (non-hydrogen) atoms. The first-order valence-corrected chi connectivity index (χ1v) is 40.4. The van der Waals surface area contributed by atoms with Crippen molar-refractivity contribution in [2.45, 2.75) is 441 Å². The second kappa shape index (κ2) is 65.3. The highest BCUT2D eigenvalue weighted by Gasteiger charge is 2.51. The van der Waals surface area contributed by atoms with Crippen molar-refractivity contribution < 1.29 is 64.6 Å². The number of hydrogen-bond acceptors (Lipinski definition) is 13. The molecule has 0 aliphatic carbocycles. The molecule has 9 N–H and O–H groups in total. The van der Waals surface area contributed by atoms with Crippen LogP contribution in [-0.2, 0) is 23.7 Å². The van der Waals surface area contributed by atoms with E-state index in [1.54, 1.807) is 0 Å². The predicted octanol–water partition coefficient (Wildman–Crippen LogP) is 18.2. The summed E-state index contributed by atoms with van der Waals surface area (Å²) in [5.74, 6) is -0.199. The summed E-state index contributed by atoms with van der Waals surface area (Å²) in [6.45, 7) is 2.81. The largest absolute Gasteiger partial charge is 0.394 e. The Morgan fingerprint density at radius 1 is 0.389 bits per heavy atom. The van der Waals surface area contributed by atoms with E-state index in [0.29, 0.717) is 12.8 Å². The number of aliphatic hydroxyl groups excluding tert-OH is 8. The van der Waals surface area contributed by atoms with Crippen LogP contribution in [0.3, 0.4) is 0 Å². The van der Waals surface area contributed by atoms with E-state index in [0.717, 1.165) is 77.0 Å². The van der Waals surface area contributed by atoms with Crippen molar-refractivity contribution in [1.29, 1.82) is 0 Å². The van der Waals surface area contributed by atoms with Gasteiger partial charge in [0.25, 0.3) is 0 Å². The van der Waals surface area contributed by atoms with Crippen LogP contribution in [0, 0.1) is 0 Å². The number of nitrogens with one attached hydrogen (secondary N) is 1. The van der Waals surface area contributed by atoms with E-state index in [1.807, 2.05) is 0 Å². The molecule has 0 aromatic rings. The number of carbonyl (C=O) groups is 1. The molecule has 0 aromatic heterocycles. The smallest absolute Gasteiger partial charge is 0.220 e. The molecular weight excluding hydrogens is 1190 g/mol. The summed E-state index contributed by atoms with van der Waals surface area (Å²) in [4.78, 5) is 13.4. The molecule has 2 fully saturated rings. The molecule has 0 aromatic carbocycles. The van der Waals surface area contributed by atoms with Crippen molar-refractivity contribution in [2.24, 2.45) is 0 Å². The van der Waals surface area contributed by atoms with Gasteiger partial charge in [0.2, 0.25) is 5.91 Å². The van der Waals surface area contributed by atoms with Crippen molar-refractivity contribution in [2.75, 3.05) is 19.8 Å². The Hall–Kier alpha value is -2.05. The number of ether oxygens (including phenoxy) is 4. The summed E-state index contributed by atoms with van der Waals surface area (Å²) >= 11 is 0. The second-order valence-electron chi connectivity index (χ2n) is 28.5. The van der Waals surface area contributed by atoms with Gasteiger partial charge < -0.3 is 65.1 Å². The highest BCUT2D eigenvalue weighted by atomic mass is 16.7. The van der Waals surface area contributed by atoms with Crippen LogP contribution in [0.4, 0.5) is 0 Å². The van der Waals surface area contributed by atoms with Crippen LogP contribution in [0.2, 0.25) is 0 Å². The molecule has 14 nitrogen and oxygen atoms in total. The van der Waals surface area contributed by atoms with Crippen LogP contribution in [0.1, 0.15) is 367 Å². The highest BCUT2D eigenvalue weighted by molar-refractivity contribution is 5.76. The summed E-state index contributed by atoms with van der Waals surface area (Å²) in [6.07, 6.45) is 70.1. The quantitative estimate of drug-likeness (QED) is 0.0204. The number of allylic oxidation sites excluding steroid dienone is 8. The van der Waals surface area contributed by atoms with Gasteiger partial charge in [-0.3, -0.25) is 4.79 Å². The van der Waals surface area contributed by atoms with Gasteiger partial charge >= 0.3 is 0 Å². The third-order valence-electron chi connectivity index (χ3n) is 19.8. The van der Waals surface area contributed by atoms with Crippen LogP contribution >= 0.6 is 0 Å². The number of rotatable bonds is 68. The Kier molecular flexibility index (Phi) is 61.2. The van der Waals surface area contributed by atoms with E-state index in [4.69, 9.17) is 18.9 Å². The Morgan fingerprint density at radius 3 is 1.12 bits per heavy atom. The Balaban J connectivity index is 1.60. The molecule has 1 amide bonds. The van der Waals surface area contributed by atoms with Crippen molar-refractivity contribution in [1.82, 2.24) is 5.32 Å². The maximum absolute atomic E-state index is 13.4. The summed E-state index contributed by atoms with van der Waals surface area (Å²) in [5.41, 5.74) is 0. The molecular formula is C81H151NO13. The van der Waals surface area contributed by atoms with Crippen LogP contribution < -0.4 is 5.32 Å². The van der Waals surface area contributed by atoms with Crippen molar-refractivity contribution in [3.05, 3.63) is 48.6 Å². The Bertz CT molecular complexity index is 1780. The van der Waals surface area contributed by atoms with Crippen molar-refractivity contribution in [3.63, 3.8) is 0 Å². The Morgan fingerprint density at radius 2 is 0.726 bits per heavy atom. The molecule has 12 unspecified atom stereocenters. The normalized spacial score (nSPS) is 22.5. The lowest BCUT2D eigenvalue weighted by atomic mass is 9.97. The first-order valence-electron chi connectivity index (χ1n) is 40.4. The number of amides is 1. The molecule has 0 radical (unpaired) electrons. The van der Waals surface area contributed by atoms with Gasteiger partial charge in [0.15, 0.2) is 12.6 Å². The Labute approximate surface area is 582 Å². The molecule has 2 heterocycles. The average molecular weight is 1350 g/mol. The molecule has 0 bridgehead atoms. The van der Waals surface area contributed by atoms with E-state index in [1.165, 1.54) is 263 Å². The minimum absolute atomic E-state index is 0.199. The molecule has 2 rings (SSSR count). The SMILES string of the molecule is CC/C=C\C/C=C\C/C=C\C/C=C\CCCCCCCCCCCCCCCCCCCCCCC(=O)NC(COC1OC(CO)C(OC2OC(CO)C(O)C(O)C2O)C(O)C1O)C(O)CCCCCCCCCCCCCCCCCCCCCCCCCCCCCC. The van der Waals surface area contributed by atoms with Gasteiger partial charge in [-0.25, -0.2) is 0 Å². The molecule has 12 atom stereocenters. The van der Waals surface area contributed by atoms with Gasteiger partial charge in [-0.1, -0.05) is 358 Å². The third kappa shape index (κ3) is 48.4. The average Bonchev–Trinajstić information content (AvgIpc) is 0.801. The van der Waals surface area contributed by atoms with Gasteiger partial charge in [0.1, 0.15) is 48.8 Å². The monoisotopic (exact) mass is 1350 g/mol. The van der Waals surface area contributed by atoms with Crippen LogP contribution in [0.5, 0.6) is 0 Å². The molecule has 2 saturated heterocycles. The fraction of sp³-hybridized carbons (Fsp3) is 0.889. The number of unbranched alkanes of at least 4 members (excludes halogenated alkanes) is 47. The van der Waals surface area contributed by atoms with E-state index >= 15 is 0 Å². The summed E-state index contributed by atoms with van der Waals surface area (Å²) in [7, 11) is 0. The third-order valence-corrected chi connectivity index (χ3v) is 19.8. The molecule has 0 spiro atoms. The number of carbonyl (C=O) groups excluding carboxylic acids is 1. The summed E-state index contributed by atoms with van der Waals surface area (Å²) < 4.78 is 23.0. The van der Waals surface area contributed by atoms with Crippen molar-refractivity contribution >= 4 is 5.91 Å². The number of hydrogen-bond donors (Lipinski definition) is 9. The van der Waals surface area contributed by atoms with Gasteiger partial charge in [0.05, 0.1) is 32.0 Å². The van der Waals surface area contributed by atoms with Crippen LogP contribution in [-0.4, -0.2) is 140 Å². The van der Waals surface area contributed by atoms with E-state index in [-0.39, 0.29) is 12.5 Å². The number of aliphatic hydroxyl groups is 8. The van der Waals surface area contributed by atoms with Crippen LogP contribution in [0.15, 0.2) is 48.6 Å². The minimum Gasteiger partial charge on any atom is -0.394 e. The second-order valence-corrected chi connectivity index (χ2v) is 28.5. The summed E-state index contributed by atoms with van der Waals surface area (Å²) in [6, 6.07) is -0.830. The van der Waals surface area contributed by atoms with E-state index in [9.17, 15) is 45.6 Å². The standard InChI is InChI=1S/C81H151NO13/c1-3-5-7-9-11-13-15-17-19-21-23-25-27-29-31-33-34-35-36-37-39-41-43-45-47-49-51-53-55-57-59-61-63-65-73(86)82-69(68-92-80-78(91)76(89)79(72(67-84)94-80)95-81-77(90)75(88)74(87)71(66-83)93-81)70(85)64-62-60-58-56-54-52-50-48-46-44-42-40-38-32-30-28-26-24-22-20-18-16-14-12-10-8-6-4-2/h5,7,11,13,17,19,23,25,69-72,74-81,83-85,87-91H,3-4,6,8-10,12,14-16,18,20-22,24,26-68H2,1-2H3,(H,82,86)/b7-5-,13-11-,19-17-,25-23-. The van der Waals surface area contributed by atoms with E-state index < -0.39 is 86.8 Å². The molecule has 14 heteroatoms. The lowest BCUT2D eigenvalue weighted by Crippen LogP contribution is -2.65. The summed E-state index contributed by atoms with van der Waals surface area (Å²) in [5, 5.41) is 87.9. The topological polar surface area (TPSA) is 228 Å². The first kappa shape index (κ1) is 89.0. The van der Waals surface area contributed by atoms with Gasteiger partial charge in [0, 0.05) is 6.42 Å². The zero-order valence-electron chi connectivity index (χ0n) is 61.2. The zero-order valence-corrected chi connectivity index (χ0v) is 61.2. The predicted molar refractivity (Wildman–Crippen MR) is 392 cm³/mol. The molecule has 2 aliphatic heterocycles. The van der Waals surface area contributed by atoms with Gasteiger partial charge in [-0.15, -0.1) is 0 Å². The van der Waals surface area contributed by atoms with Crippen molar-refractivity contribution in [3.8, 4) is 0 Å².